The highest BCUT2D eigenvalue weighted by atomic mass is 16.5. The molecule has 2 heterocycles. The molecule has 2 bridgehead atoms. The first-order valence-corrected chi connectivity index (χ1v) is 4.29. The number of ketones is 1. The van der Waals surface area contributed by atoms with Gasteiger partial charge in [-0.1, -0.05) is 0 Å². The van der Waals surface area contributed by atoms with E-state index in [4.69, 9.17) is 10.2 Å². The van der Waals surface area contributed by atoms with Crippen molar-refractivity contribution in [3.8, 4) is 0 Å². The second-order valence-corrected chi connectivity index (χ2v) is 3.67. The molecule has 0 spiro atoms. The predicted molar refractivity (Wildman–Crippen MR) is 41.3 cm³/mol. The van der Waals surface area contributed by atoms with Gasteiger partial charge in [0.1, 0.15) is 0 Å². The molecule has 0 aromatic carbocycles. The molecule has 2 fully saturated rings. The van der Waals surface area contributed by atoms with Gasteiger partial charge < -0.3 is 10.2 Å². The Hall–Kier alpha value is -0.450. The molecule has 4 heteroatoms. The number of nitrogens with zero attached hydrogens (tertiary/aromatic N) is 1. The van der Waals surface area contributed by atoms with Crippen molar-refractivity contribution < 1.29 is 15.0 Å². The number of Topliss-reactive ketones (excluding diaryl/α,β-unsaturated/α-hetero) is 1. The lowest BCUT2D eigenvalue weighted by Gasteiger charge is -2.29. The van der Waals surface area contributed by atoms with Crippen LogP contribution in [0.3, 0.4) is 0 Å². The summed E-state index contributed by atoms with van der Waals surface area (Å²) >= 11 is 0. The molecule has 2 rings (SSSR count). The summed E-state index contributed by atoms with van der Waals surface area (Å²) in [4.78, 5) is 13.4. The average molecular weight is 171 g/mol. The van der Waals surface area contributed by atoms with Gasteiger partial charge >= 0.3 is 0 Å². The van der Waals surface area contributed by atoms with E-state index >= 15 is 0 Å². The normalized spacial score (nSPS) is 40.9. The fourth-order valence-corrected chi connectivity index (χ4v) is 2.22. The minimum atomic E-state index is -1.32. The summed E-state index contributed by atoms with van der Waals surface area (Å²) in [5, 5.41) is 18.0. The van der Waals surface area contributed by atoms with Crippen molar-refractivity contribution in [1.29, 1.82) is 0 Å². The Labute approximate surface area is 70.8 Å². The molecule has 4 nitrogen and oxygen atoms in total. The van der Waals surface area contributed by atoms with Gasteiger partial charge in [0.25, 0.3) is 0 Å². The number of aliphatic hydroxyl groups excluding tert-OH is 1. The van der Waals surface area contributed by atoms with Gasteiger partial charge in [-0.05, 0) is 13.0 Å². The molecule has 0 saturated carbocycles. The van der Waals surface area contributed by atoms with Crippen LogP contribution in [0.15, 0.2) is 0 Å². The Morgan fingerprint density at radius 1 is 1.50 bits per heavy atom. The topological polar surface area (TPSA) is 60.8 Å². The SMILES string of the molecule is O=C1CN2CC[C@H](C(O)O)[C@H]1C2. The lowest BCUT2D eigenvalue weighted by atomic mass is 9.86. The van der Waals surface area contributed by atoms with E-state index in [1.807, 2.05) is 0 Å². The predicted octanol–water partition coefficient (Wildman–Crippen LogP) is -1.18. The summed E-state index contributed by atoms with van der Waals surface area (Å²) < 4.78 is 0. The van der Waals surface area contributed by atoms with E-state index in [9.17, 15) is 4.79 Å². The second-order valence-electron chi connectivity index (χ2n) is 3.67. The molecule has 0 aliphatic carbocycles. The average Bonchev–Trinajstić information content (AvgIpc) is 2.28. The molecule has 0 amide bonds. The number of hydrogen-bond donors (Lipinski definition) is 2. The molecule has 3 atom stereocenters. The Kier molecular flexibility index (Phi) is 1.90. The van der Waals surface area contributed by atoms with Crippen molar-refractivity contribution in [3.05, 3.63) is 0 Å². The van der Waals surface area contributed by atoms with Gasteiger partial charge in [-0.25, -0.2) is 0 Å². The highest BCUT2D eigenvalue weighted by Crippen LogP contribution is 2.31. The van der Waals surface area contributed by atoms with Crippen molar-refractivity contribution in [2.24, 2.45) is 11.8 Å². The van der Waals surface area contributed by atoms with Crippen LogP contribution < -0.4 is 0 Å². The van der Waals surface area contributed by atoms with Crippen LogP contribution in [0.2, 0.25) is 0 Å². The van der Waals surface area contributed by atoms with E-state index in [0.717, 1.165) is 19.5 Å². The molecule has 0 aromatic heterocycles. The first-order valence-electron chi connectivity index (χ1n) is 4.29. The van der Waals surface area contributed by atoms with Crippen molar-refractivity contribution >= 4 is 5.78 Å². The van der Waals surface area contributed by atoms with Crippen LogP contribution in [0.4, 0.5) is 0 Å². The maximum Gasteiger partial charge on any atom is 0.155 e. The first-order chi connectivity index (χ1) is 5.68. The summed E-state index contributed by atoms with van der Waals surface area (Å²) in [6, 6.07) is 0. The van der Waals surface area contributed by atoms with E-state index in [1.54, 1.807) is 0 Å². The third kappa shape index (κ3) is 1.16. The number of carbonyl (C=O) groups excluding carboxylic acids is 1. The monoisotopic (exact) mass is 171 g/mol. The van der Waals surface area contributed by atoms with Crippen LogP contribution in [-0.4, -0.2) is 46.8 Å². The Morgan fingerprint density at radius 3 is 2.92 bits per heavy atom. The molecule has 2 aliphatic heterocycles. The maximum absolute atomic E-state index is 11.3. The highest BCUT2D eigenvalue weighted by Gasteiger charge is 2.42. The van der Waals surface area contributed by atoms with E-state index in [2.05, 4.69) is 4.90 Å². The molecule has 2 saturated heterocycles. The highest BCUT2D eigenvalue weighted by molar-refractivity contribution is 5.85. The van der Waals surface area contributed by atoms with Crippen molar-refractivity contribution in [3.63, 3.8) is 0 Å². The number of fused-ring (bicyclic) bond motifs is 2. The smallest absolute Gasteiger partial charge is 0.155 e. The number of piperidine rings is 1. The number of rotatable bonds is 1. The van der Waals surface area contributed by atoms with E-state index in [0.29, 0.717) is 6.54 Å². The van der Waals surface area contributed by atoms with Gasteiger partial charge in [0, 0.05) is 18.4 Å². The largest absolute Gasteiger partial charge is 0.368 e. The van der Waals surface area contributed by atoms with Gasteiger partial charge in [0.2, 0.25) is 0 Å². The fourth-order valence-electron chi connectivity index (χ4n) is 2.22. The minimum Gasteiger partial charge on any atom is -0.368 e. The maximum atomic E-state index is 11.3. The summed E-state index contributed by atoms with van der Waals surface area (Å²) in [5.41, 5.74) is 0. The van der Waals surface area contributed by atoms with Gasteiger partial charge in [-0.2, -0.15) is 0 Å². The van der Waals surface area contributed by atoms with Crippen LogP contribution in [0.25, 0.3) is 0 Å². The molecular weight excluding hydrogens is 158 g/mol. The zero-order chi connectivity index (χ0) is 8.72. The van der Waals surface area contributed by atoms with Crippen LogP contribution in [0.1, 0.15) is 6.42 Å². The third-order valence-corrected chi connectivity index (χ3v) is 2.93. The summed E-state index contributed by atoms with van der Waals surface area (Å²) in [7, 11) is 0. The molecule has 68 valence electrons. The van der Waals surface area contributed by atoms with E-state index < -0.39 is 6.29 Å². The zero-order valence-corrected chi connectivity index (χ0v) is 6.81. The van der Waals surface area contributed by atoms with Crippen LogP contribution in [0.5, 0.6) is 0 Å². The number of aliphatic hydroxyl groups is 2. The van der Waals surface area contributed by atoms with Crippen LogP contribution >= 0.6 is 0 Å². The zero-order valence-electron chi connectivity index (χ0n) is 6.81. The second kappa shape index (κ2) is 2.80. The van der Waals surface area contributed by atoms with Crippen molar-refractivity contribution in [2.75, 3.05) is 19.6 Å². The van der Waals surface area contributed by atoms with Gasteiger partial charge in [0.05, 0.1) is 6.54 Å². The fraction of sp³-hybridized carbons (Fsp3) is 0.875. The summed E-state index contributed by atoms with van der Waals surface area (Å²) in [6.45, 7) is 2.06. The molecular formula is C8H13NO3. The van der Waals surface area contributed by atoms with Crippen molar-refractivity contribution in [2.45, 2.75) is 12.7 Å². The molecule has 2 N–H and O–H groups in total. The molecule has 12 heavy (non-hydrogen) atoms. The Morgan fingerprint density at radius 2 is 2.25 bits per heavy atom. The quantitative estimate of drug-likeness (QED) is 0.487. The van der Waals surface area contributed by atoms with Crippen LogP contribution in [-0.2, 0) is 4.79 Å². The Balaban J connectivity index is 2.13. The lowest BCUT2D eigenvalue weighted by molar-refractivity contribution is -0.133. The van der Waals surface area contributed by atoms with Crippen molar-refractivity contribution in [1.82, 2.24) is 4.90 Å². The molecule has 0 radical (unpaired) electrons. The number of hydrogen-bond acceptors (Lipinski definition) is 4. The lowest BCUT2D eigenvalue weighted by Crippen LogP contribution is -2.38. The minimum absolute atomic E-state index is 0.126. The van der Waals surface area contributed by atoms with E-state index in [1.165, 1.54) is 0 Å². The summed E-state index contributed by atoms with van der Waals surface area (Å²) in [6.07, 6.45) is -0.590. The third-order valence-electron chi connectivity index (χ3n) is 2.93. The van der Waals surface area contributed by atoms with Gasteiger partial charge in [-0.15, -0.1) is 0 Å². The number of carbonyl (C=O) groups is 1. The van der Waals surface area contributed by atoms with Gasteiger partial charge in [-0.3, -0.25) is 9.69 Å². The molecule has 0 aromatic rings. The molecule has 1 unspecified atom stereocenters. The molecule has 2 aliphatic rings. The summed E-state index contributed by atoms with van der Waals surface area (Å²) in [5.74, 6) is -0.180. The van der Waals surface area contributed by atoms with E-state index in [-0.39, 0.29) is 17.6 Å². The Bertz CT molecular complexity index is 204. The first kappa shape index (κ1) is 8.16. The standard InChI is InChI=1S/C8H13NO3/c10-7-4-9-2-1-5(8(11)12)6(7)3-9/h5-6,8,11-12H,1-4H2/t5-,6+/m0/s1. The van der Waals surface area contributed by atoms with Gasteiger partial charge in [0.15, 0.2) is 12.1 Å². The van der Waals surface area contributed by atoms with Crippen LogP contribution in [0, 0.1) is 11.8 Å².